The predicted molar refractivity (Wildman–Crippen MR) is 82.1 cm³/mol. The molecule has 1 aromatic rings. The van der Waals surface area contributed by atoms with Gasteiger partial charge in [-0.1, -0.05) is 25.1 Å². The van der Waals surface area contributed by atoms with Crippen LogP contribution in [0.5, 0.6) is 0 Å². The molecule has 2 aliphatic rings. The van der Waals surface area contributed by atoms with E-state index in [1.54, 1.807) is 6.92 Å². The predicted octanol–water partition coefficient (Wildman–Crippen LogP) is 2.79. The number of benzene rings is 1. The molecule has 0 N–H and O–H groups in total. The highest BCUT2D eigenvalue weighted by molar-refractivity contribution is 5.74. The highest BCUT2D eigenvalue weighted by Gasteiger charge is 2.54. The summed E-state index contributed by atoms with van der Waals surface area (Å²) >= 11 is 0. The highest BCUT2D eigenvalue weighted by Crippen LogP contribution is 2.52. The monoisotopic (exact) mass is 272 g/mol. The molecule has 0 bridgehead atoms. The summed E-state index contributed by atoms with van der Waals surface area (Å²) in [7, 11) is 4.16. The van der Waals surface area contributed by atoms with Gasteiger partial charge in [0.15, 0.2) is 0 Å². The number of amides is 1. The van der Waals surface area contributed by atoms with Crippen molar-refractivity contribution in [2.75, 3.05) is 19.0 Å². The zero-order valence-electron chi connectivity index (χ0n) is 12.9. The highest BCUT2D eigenvalue weighted by atomic mass is 16.2. The van der Waals surface area contributed by atoms with Crippen molar-refractivity contribution in [1.29, 1.82) is 0 Å². The van der Waals surface area contributed by atoms with E-state index in [-0.39, 0.29) is 11.3 Å². The maximum Gasteiger partial charge on any atom is 0.219 e. The largest absolute Gasteiger partial charge is 0.370 e. The Kier molecular flexibility index (Phi) is 3.03. The molecule has 108 valence electrons. The van der Waals surface area contributed by atoms with E-state index in [0.717, 1.165) is 6.42 Å². The summed E-state index contributed by atoms with van der Waals surface area (Å²) in [5.74, 6) is 0.170. The molecule has 20 heavy (non-hydrogen) atoms. The van der Waals surface area contributed by atoms with E-state index in [9.17, 15) is 4.79 Å². The van der Waals surface area contributed by atoms with E-state index in [1.807, 2.05) is 11.9 Å². The first-order chi connectivity index (χ1) is 9.48. The molecule has 1 aromatic carbocycles. The number of hydrogen-bond donors (Lipinski definition) is 0. The Balaban J connectivity index is 2.12. The number of fused-ring (bicyclic) bond motifs is 3. The Morgan fingerprint density at radius 2 is 2.05 bits per heavy atom. The smallest absolute Gasteiger partial charge is 0.219 e. The summed E-state index contributed by atoms with van der Waals surface area (Å²) in [5, 5.41) is 0. The molecule has 3 heteroatoms. The first-order valence-corrected chi connectivity index (χ1v) is 7.53. The van der Waals surface area contributed by atoms with Gasteiger partial charge >= 0.3 is 0 Å². The molecule has 0 saturated heterocycles. The maximum atomic E-state index is 11.9. The van der Waals surface area contributed by atoms with Gasteiger partial charge in [-0.15, -0.1) is 0 Å². The van der Waals surface area contributed by atoms with Gasteiger partial charge in [-0.2, -0.15) is 0 Å². The van der Waals surface area contributed by atoms with Crippen molar-refractivity contribution < 1.29 is 4.79 Å². The van der Waals surface area contributed by atoms with Crippen molar-refractivity contribution in [2.24, 2.45) is 0 Å². The number of carbonyl (C=O) groups excluding carboxylic acids is 1. The molecule has 1 saturated carbocycles. The fourth-order valence-electron chi connectivity index (χ4n) is 4.50. The van der Waals surface area contributed by atoms with Crippen LogP contribution in [-0.2, 0) is 10.2 Å². The van der Waals surface area contributed by atoms with Gasteiger partial charge in [0.25, 0.3) is 0 Å². The molecule has 1 amide bonds. The van der Waals surface area contributed by atoms with Gasteiger partial charge < -0.3 is 9.80 Å². The fourth-order valence-corrected chi connectivity index (χ4v) is 4.50. The van der Waals surface area contributed by atoms with Crippen LogP contribution in [0, 0.1) is 0 Å². The van der Waals surface area contributed by atoms with Gasteiger partial charge in [-0.05, 0) is 30.9 Å². The van der Waals surface area contributed by atoms with Crippen LogP contribution in [0.1, 0.15) is 38.7 Å². The van der Waals surface area contributed by atoms with E-state index in [4.69, 9.17) is 0 Å². The van der Waals surface area contributed by atoms with Crippen molar-refractivity contribution in [3.05, 3.63) is 29.8 Å². The van der Waals surface area contributed by atoms with Crippen molar-refractivity contribution in [1.82, 2.24) is 4.90 Å². The average molecular weight is 272 g/mol. The van der Waals surface area contributed by atoms with Crippen LogP contribution in [0.2, 0.25) is 0 Å². The van der Waals surface area contributed by atoms with Crippen molar-refractivity contribution >= 4 is 11.6 Å². The van der Waals surface area contributed by atoms with Crippen molar-refractivity contribution in [3.8, 4) is 0 Å². The topological polar surface area (TPSA) is 23.6 Å². The Labute approximate surface area is 121 Å². The Hall–Kier alpha value is -1.51. The molecule has 0 spiro atoms. The van der Waals surface area contributed by atoms with Gasteiger partial charge in [-0.3, -0.25) is 4.79 Å². The number of para-hydroxylation sites is 1. The Morgan fingerprint density at radius 1 is 1.35 bits per heavy atom. The molecule has 1 heterocycles. The first kappa shape index (κ1) is 13.5. The molecule has 1 fully saturated rings. The number of carbonyl (C=O) groups is 1. The van der Waals surface area contributed by atoms with Crippen molar-refractivity contribution in [2.45, 2.75) is 50.6 Å². The molecule has 3 rings (SSSR count). The van der Waals surface area contributed by atoms with Crippen LogP contribution >= 0.6 is 0 Å². The van der Waals surface area contributed by atoms with Crippen LogP contribution in [0.3, 0.4) is 0 Å². The standard InChI is InChI=1S/C17H24N2O/c1-12(20)18(3)15-10-7-11-16-17(15,2)13-8-5-6-9-14(13)19(16)4/h5-6,8-9,15-16H,7,10-11H2,1-4H3/t15-,16-,17+/m0/s1. The van der Waals surface area contributed by atoms with Gasteiger partial charge in [0.05, 0.1) is 0 Å². The molecular weight excluding hydrogens is 248 g/mol. The number of rotatable bonds is 1. The van der Waals surface area contributed by atoms with Crippen LogP contribution in [0.4, 0.5) is 5.69 Å². The molecule has 0 unspecified atom stereocenters. The van der Waals surface area contributed by atoms with E-state index in [1.165, 1.54) is 24.1 Å². The second-order valence-corrected chi connectivity index (χ2v) is 6.50. The molecule has 0 radical (unpaired) electrons. The van der Waals surface area contributed by atoms with Gasteiger partial charge in [0, 0.05) is 44.2 Å². The second kappa shape index (κ2) is 4.51. The number of likely N-dealkylation sites (N-methyl/N-ethyl adjacent to an activating group) is 2. The lowest BCUT2D eigenvalue weighted by Gasteiger charge is -2.48. The maximum absolute atomic E-state index is 11.9. The quantitative estimate of drug-likeness (QED) is 0.785. The Bertz CT molecular complexity index is 542. The SMILES string of the molecule is CC(=O)N(C)[C@H]1CCC[C@@H]2N(C)c3ccccc3[C@]12C. The van der Waals surface area contributed by atoms with Crippen LogP contribution in [-0.4, -0.2) is 37.0 Å². The van der Waals surface area contributed by atoms with E-state index in [0.29, 0.717) is 12.1 Å². The summed E-state index contributed by atoms with van der Waals surface area (Å²) < 4.78 is 0. The summed E-state index contributed by atoms with van der Waals surface area (Å²) in [6.07, 6.45) is 3.51. The lowest BCUT2D eigenvalue weighted by Crippen LogP contribution is -2.58. The summed E-state index contributed by atoms with van der Waals surface area (Å²) in [6.45, 7) is 4.03. The normalized spacial score (nSPS) is 31.7. The van der Waals surface area contributed by atoms with E-state index < -0.39 is 0 Å². The molecule has 3 nitrogen and oxygen atoms in total. The van der Waals surface area contributed by atoms with Crippen LogP contribution in [0.25, 0.3) is 0 Å². The van der Waals surface area contributed by atoms with Gasteiger partial charge in [0.2, 0.25) is 5.91 Å². The second-order valence-electron chi connectivity index (χ2n) is 6.50. The Morgan fingerprint density at radius 3 is 2.75 bits per heavy atom. The number of hydrogen-bond acceptors (Lipinski definition) is 2. The lowest BCUT2D eigenvalue weighted by atomic mass is 9.65. The minimum absolute atomic E-state index is 0.0456. The van der Waals surface area contributed by atoms with Gasteiger partial charge in [0.1, 0.15) is 0 Å². The molecule has 1 aliphatic heterocycles. The molecule has 0 aromatic heterocycles. The third kappa shape index (κ3) is 1.62. The zero-order valence-corrected chi connectivity index (χ0v) is 12.9. The van der Waals surface area contributed by atoms with Gasteiger partial charge in [-0.25, -0.2) is 0 Å². The third-order valence-electron chi connectivity index (χ3n) is 5.64. The van der Waals surface area contributed by atoms with E-state index in [2.05, 4.69) is 43.1 Å². The van der Waals surface area contributed by atoms with Crippen molar-refractivity contribution in [3.63, 3.8) is 0 Å². The average Bonchev–Trinajstić information content (AvgIpc) is 2.67. The number of anilines is 1. The van der Waals surface area contributed by atoms with E-state index >= 15 is 0 Å². The summed E-state index contributed by atoms with van der Waals surface area (Å²) in [4.78, 5) is 16.3. The summed E-state index contributed by atoms with van der Waals surface area (Å²) in [6, 6.07) is 9.49. The minimum atomic E-state index is 0.0456. The summed E-state index contributed by atoms with van der Waals surface area (Å²) in [5.41, 5.74) is 2.79. The minimum Gasteiger partial charge on any atom is -0.370 e. The van der Waals surface area contributed by atoms with Crippen LogP contribution < -0.4 is 4.90 Å². The molecule has 3 atom stereocenters. The molecular formula is C17H24N2O. The molecule has 1 aliphatic carbocycles. The fraction of sp³-hybridized carbons (Fsp3) is 0.588. The lowest BCUT2D eigenvalue weighted by molar-refractivity contribution is -0.131. The third-order valence-corrected chi connectivity index (χ3v) is 5.64. The first-order valence-electron chi connectivity index (χ1n) is 7.53. The number of nitrogens with zero attached hydrogens (tertiary/aromatic N) is 2. The van der Waals surface area contributed by atoms with Crippen LogP contribution in [0.15, 0.2) is 24.3 Å². The zero-order chi connectivity index (χ0) is 14.5.